The molecule has 0 saturated heterocycles. The van der Waals surface area contributed by atoms with Crippen LogP contribution in [0.3, 0.4) is 0 Å². The maximum atomic E-state index is 12.6. The zero-order valence-electron chi connectivity index (χ0n) is 13.3. The van der Waals surface area contributed by atoms with Gasteiger partial charge < -0.3 is 26.3 Å². The summed E-state index contributed by atoms with van der Waals surface area (Å²) >= 11 is 0. The molecule has 1 aliphatic carbocycles. The quantitative estimate of drug-likeness (QED) is 0.678. The van der Waals surface area contributed by atoms with Crippen LogP contribution >= 0.6 is 0 Å². The number of methoxy groups -OCH3 is 1. The Bertz CT molecular complexity index is 583. The fourth-order valence-electron chi connectivity index (χ4n) is 2.80. The van der Waals surface area contributed by atoms with Crippen molar-refractivity contribution in [2.75, 3.05) is 20.3 Å². The Morgan fingerprint density at radius 3 is 2.57 bits per heavy atom. The Labute approximate surface area is 135 Å². The van der Waals surface area contributed by atoms with Crippen LogP contribution in [0.1, 0.15) is 36.0 Å². The maximum Gasteiger partial charge on any atom is 0.255 e. The van der Waals surface area contributed by atoms with Gasteiger partial charge in [-0.3, -0.25) is 9.59 Å². The fourth-order valence-corrected chi connectivity index (χ4v) is 2.80. The van der Waals surface area contributed by atoms with Gasteiger partial charge in [-0.15, -0.1) is 0 Å². The van der Waals surface area contributed by atoms with Gasteiger partial charge >= 0.3 is 0 Å². The largest absolute Gasteiger partial charge is 0.497 e. The number of rotatable bonds is 7. The highest BCUT2D eigenvalue weighted by Crippen LogP contribution is 2.31. The van der Waals surface area contributed by atoms with E-state index in [0.29, 0.717) is 36.4 Å². The summed E-state index contributed by atoms with van der Waals surface area (Å²) in [5, 5.41) is 2.80. The summed E-state index contributed by atoms with van der Waals surface area (Å²) < 4.78 is 10.7. The highest BCUT2D eigenvalue weighted by molar-refractivity contribution is 6.01. The van der Waals surface area contributed by atoms with Crippen molar-refractivity contribution in [2.45, 2.75) is 31.2 Å². The normalized spacial score (nSPS) is 15.9. The zero-order chi connectivity index (χ0) is 16.9. The number of ether oxygens (including phenoxy) is 2. The van der Waals surface area contributed by atoms with Gasteiger partial charge in [0.2, 0.25) is 5.91 Å². The van der Waals surface area contributed by atoms with Crippen LogP contribution in [-0.4, -0.2) is 37.6 Å². The molecule has 1 aromatic rings. The molecule has 7 heteroatoms. The molecule has 1 aromatic carbocycles. The summed E-state index contributed by atoms with van der Waals surface area (Å²) in [4.78, 5) is 24.4. The number of hydrogen-bond acceptors (Lipinski definition) is 5. The highest BCUT2D eigenvalue weighted by Gasteiger charge is 2.41. The molecule has 0 spiro atoms. The van der Waals surface area contributed by atoms with Gasteiger partial charge in [0.1, 0.15) is 23.6 Å². The van der Waals surface area contributed by atoms with Gasteiger partial charge in [0, 0.05) is 12.6 Å². The molecule has 0 atom stereocenters. The van der Waals surface area contributed by atoms with E-state index in [1.165, 1.54) is 7.11 Å². The molecule has 0 aromatic heterocycles. The van der Waals surface area contributed by atoms with Gasteiger partial charge in [-0.1, -0.05) is 12.8 Å². The summed E-state index contributed by atoms with van der Waals surface area (Å²) in [5.41, 5.74) is 10.3. The molecular formula is C16H23N3O4. The van der Waals surface area contributed by atoms with Gasteiger partial charge in [0.25, 0.3) is 5.91 Å². The van der Waals surface area contributed by atoms with Crippen LogP contribution < -0.4 is 26.3 Å². The molecule has 1 fully saturated rings. The Kier molecular flexibility index (Phi) is 5.44. The first-order valence-electron chi connectivity index (χ1n) is 7.66. The fraction of sp³-hybridized carbons (Fsp3) is 0.500. The Hall–Kier alpha value is -2.28. The van der Waals surface area contributed by atoms with E-state index in [0.717, 1.165) is 12.8 Å². The first-order valence-corrected chi connectivity index (χ1v) is 7.66. The standard InChI is InChI=1S/C16H23N3O4/c1-22-11-4-5-12(13(10-11)23-9-8-17)14(20)19-16(15(18)21)6-2-3-7-16/h4-5,10H,2-3,6-9,17H2,1H3,(H2,18,21)(H,19,20). The van der Waals surface area contributed by atoms with E-state index in [2.05, 4.69) is 5.32 Å². The van der Waals surface area contributed by atoms with E-state index in [1.54, 1.807) is 18.2 Å². The molecule has 0 bridgehead atoms. The molecule has 23 heavy (non-hydrogen) atoms. The van der Waals surface area contributed by atoms with E-state index in [-0.39, 0.29) is 12.5 Å². The van der Waals surface area contributed by atoms with Crippen LogP contribution in [0.5, 0.6) is 11.5 Å². The predicted molar refractivity (Wildman–Crippen MR) is 85.4 cm³/mol. The van der Waals surface area contributed by atoms with Gasteiger partial charge in [-0.2, -0.15) is 0 Å². The molecule has 2 amide bonds. The topological polar surface area (TPSA) is 117 Å². The molecule has 0 unspecified atom stereocenters. The third-order valence-electron chi connectivity index (χ3n) is 4.09. The lowest BCUT2D eigenvalue weighted by Gasteiger charge is -2.27. The van der Waals surface area contributed by atoms with E-state index in [4.69, 9.17) is 20.9 Å². The smallest absolute Gasteiger partial charge is 0.255 e. The van der Waals surface area contributed by atoms with Gasteiger partial charge in [-0.25, -0.2) is 0 Å². The summed E-state index contributed by atoms with van der Waals surface area (Å²) in [6.07, 6.45) is 2.84. The van der Waals surface area contributed by atoms with E-state index < -0.39 is 11.4 Å². The van der Waals surface area contributed by atoms with Crippen molar-refractivity contribution in [1.82, 2.24) is 5.32 Å². The van der Waals surface area contributed by atoms with Gasteiger partial charge in [0.15, 0.2) is 0 Å². The molecule has 7 nitrogen and oxygen atoms in total. The Balaban J connectivity index is 2.25. The van der Waals surface area contributed by atoms with Crippen molar-refractivity contribution >= 4 is 11.8 Å². The number of nitrogens with two attached hydrogens (primary N) is 2. The SMILES string of the molecule is COc1ccc(C(=O)NC2(C(N)=O)CCCC2)c(OCCN)c1. The molecular weight excluding hydrogens is 298 g/mol. The maximum absolute atomic E-state index is 12.6. The number of nitrogens with one attached hydrogen (secondary N) is 1. The van der Waals surface area contributed by atoms with Crippen molar-refractivity contribution in [1.29, 1.82) is 0 Å². The minimum Gasteiger partial charge on any atom is -0.497 e. The summed E-state index contributed by atoms with van der Waals surface area (Å²) in [5.74, 6) is 0.0469. The number of hydrogen-bond donors (Lipinski definition) is 3. The van der Waals surface area contributed by atoms with Crippen LogP contribution in [0.25, 0.3) is 0 Å². The van der Waals surface area contributed by atoms with Crippen LogP contribution in [0.15, 0.2) is 18.2 Å². The van der Waals surface area contributed by atoms with Crippen LogP contribution in [0.2, 0.25) is 0 Å². The zero-order valence-corrected chi connectivity index (χ0v) is 13.3. The lowest BCUT2D eigenvalue weighted by Crippen LogP contribution is -2.55. The third-order valence-corrected chi connectivity index (χ3v) is 4.09. The second-order valence-corrected chi connectivity index (χ2v) is 5.61. The minimum atomic E-state index is -0.970. The van der Waals surface area contributed by atoms with Crippen molar-refractivity contribution in [3.05, 3.63) is 23.8 Å². The molecule has 5 N–H and O–H groups in total. The Morgan fingerprint density at radius 2 is 2.00 bits per heavy atom. The van der Waals surface area contributed by atoms with E-state index >= 15 is 0 Å². The van der Waals surface area contributed by atoms with Crippen LogP contribution in [0.4, 0.5) is 0 Å². The number of benzene rings is 1. The van der Waals surface area contributed by atoms with Crippen LogP contribution in [-0.2, 0) is 4.79 Å². The van der Waals surface area contributed by atoms with Crippen molar-refractivity contribution in [3.63, 3.8) is 0 Å². The molecule has 0 heterocycles. The lowest BCUT2D eigenvalue weighted by molar-refractivity contribution is -0.123. The second kappa shape index (κ2) is 7.32. The lowest BCUT2D eigenvalue weighted by atomic mass is 9.96. The Morgan fingerprint density at radius 1 is 1.30 bits per heavy atom. The number of primary amides is 1. The predicted octanol–water partition coefficient (Wildman–Crippen LogP) is 0.561. The molecule has 126 valence electrons. The van der Waals surface area contributed by atoms with Crippen LogP contribution in [0, 0.1) is 0 Å². The van der Waals surface area contributed by atoms with Crippen molar-refractivity contribution in [3.8, 4) is 11.5 Å². The first-order chi connectivity index (χ1) is 11.0. The summed E-state index contributed by atoms with van der Waals surface area (Å²) in [6.45, 7) is 0.595. The second-order valence-electron chi connectivity index (χ2n) is 5.61. The first kappa shape index (κ1) is 17.1. The number of carbonyl (C=O) groups excluding carboxylic acids is 2. The molecule has 0 aliphatic heterocycles. The van der Waals surface area contributed by atoms with E-state index in [1.807, 2.05) is 0 Å². The summed E-state index contributed by atoms with van der Waals surface area (Å²) in [6, 6.07) is 4.88. The average Bonchev–Trinajstić information content (AvgIpc) is 3.02. The molecule has 1 aliphatic rings. The third kappa shape index (κ3) is 3.73. The van der Waals surface area contributed by atoms with Crippen molar-refractivity contribution < 1.29 is 19.1 Å². The summed E-state index contributed by atoms with van der Waals surface area (Å²) in [7, 11) is 1.53. The van der Waals surface area contributed by atoms with Crippen molar-refractivity contribution in [2.24, 2.45) is 11.5 Å². The van der Waals surface area contributed by atoms with Gasteiger partial charge in [-0.05, 0) is 25.0 Å². The molecule has 2 rings (SSSR count). The monoisotopic (exact) mass is 321 g/mol. The number of amides is 2. The van der Waals surface area contributed by atoms with E-state index in [9.17, 15) is 9.59 Å². The minimum absolute atomic E-state index is 0.272. The van der Waals surface area contributed by atoms with Gasteiger partial charge in [0.05, 0.1) is 12.7 Å². The number of carbonyl (C=O) groups is 2. The molecule has 0 radical (unpaired) electrons. The average molecular weight is 321 g/mol. The highest BCUT2D eigenvalue weighted by atomic mass is 16.5. The molecule has 1 saturated carbocycles.